The Kier molecular flexibility index (Phi) is 4.64. The number of carbonyl (C=O) groups is 1. The van der Waals surface area contributed by atoms with E-state index in [0.717, 1.165) is 32.5 Å². The van der Waals surface area contributed by atoms with Gasteiger partial charge >= 0.3 is 6.09 Å². The molecule has 0 aromatic carbocycles. The van der Waals surface area contributed by atoms with Crippen LogP contribution in [0.2, 0.25) is 0 Å². The molecule has 5 nitrogen and oxygen atoms in total. The molecule has 0 radical (unpaired) electrons. The van der Waals surface area contributed by atoms with Gasteiger partial charge in [0.1, 0.15) is 5.60 Å². The summed E-state index contributed by atoms with van der Waals surface area (Å²) >= 11 is 0. The molecule has 1 saturated carbocycles. The van der Waals surface area contributed by atoms with Gasteiger partial charge in [-0.25, -0.2) is 4.79 Å². The predicted molar refractivity (Wildman–Crippen MR) is 84.9 cm³/mol. The normalized spacial score (nSPS) is 32.0. The average molecular weight is 310 g/mol. The number of nitrogens with zero attached hydrogens (tertiary/aromatic N) is 2. The number of carbonyl (C=O) groups excluding carboxylic acids is 1. The number of likely N-dealkylation sites (tertiary alicyclic amines) is 2. The minimum absolute atomic E-state index is 0.157. The van der Waals surface area contributed by atoms with E-state index in [1.165, 1.54) is 25.9 Å². The van der Waals surface area contributed by atoms with Crippen LogP contribution in [0, 0.1) is 5.92 Å². The molecule has 2 aliphatic heterocycles. The Bertz CT molecular complexity index is 401. The maximum atomic E-state index is 12.2. The van der Waals surface area contributed by atoms with Gasteiger partial charge in [-0.15, -0.1) is 0 Å². The third-order valence-electron chi connectivity index (χ3n) is 5.04. The summed E-state index contributed by atoms with van der Waals surface area (Å²) in [6, 6.07) is 0.316. The fourth-order valence-corrected chi connectivity index (χ4v) is 3.99. The van der Waals surface area contributed by atoms with Crippen LogP contribution in [0.15, 0.2) is 0 Å². The quantitative estimate of drug-likeness (QED) is 0.800. The molecule has 5 heteroatoms. The van der Waals surface area contributed by atoms with E-state index in [-0.39, 0.29) is 6.09 Å². The SMILES string of the molecule is CC(C)(C)OC(=O)N1CC2CC1CC2OCCN1CCCC1. The summed E-state index contributed by atoms with van der Waals surface area (Å²) in [5, 5.41) is 0. The highest BCUT2D eigenvalue weighted by Gasteiger charge is 2.48. The van der Waals surface area contributed by atoms with Gasteiger partial charge in [-0.2, -0.15) is 0 Å². The Morgan fingerprint density at radius 3 is 2.50 bits per heavy atom. The lowest BCUT2D eigenvalue weighted by Gasteiger charge is -2.33. The lowest BCUT2D eigenvalue weighted by atomic mass is 10.1. The molecule has 2 heterocycles. The van der Waals surface area contributed by atoms with Crippen LogP contribution in [-0.2, 0) is 9.47 Å². The van der Waals surface area contributed by atoms with Gasteiger partial charge in [-0.3, -0.25) is 0 Å². The van der Waals surface area contributed by atoms with Crippen LogP contribution < -0.4 is 0 Å². The predicted octanol–water partition coefficient (Wildman–Crippen LogP) is 2.50. The van der Waals surface area contributed by atoms with E-state index >= 15 is 0 Å². The van der Waals surface area contributed by atoms with Crippen LogP contribution in [0.1, 0.15) is 46.5 Å². The number of amides is 1. The Labute approximate surface area is 133 Å². The molecule has 3 unspecified atom stereocenters. The topological polar surface area (TPSA) is 42.0 Å². The van der Waals surface area contributed by atoms with Crippen molar-refractivity contribution in [3.63, 3.8) is 0 Å². The molecule has 1 aliphatic carbocycles. The minimum Gasteiger partial charge on any atom is -0.444 e. The van der Waals surface area contributed by atoms with Gasteiger partial charge in [0, 0.05) is 25.0 Å². The van der Waals surface area contributed by atoms with Crippen LogP contribution in [0.3, 0.4) is 0 Å². The second-order valence-electron chi connectivity index (χ2n) is 7.98. The first kappa shape index (κ1) is 16.1. The number of rotatable bonds is 4. The van der Waals surface area contributed by atoms with E-state index in [1.54, 1.807) is 0 Å². The molecule has 3 rings (SSSR count). The van der Waals surface area contributed by atoms with E-state index in [9.17, 15) is 4.79 Å². The van der Waals surface area contributed by atoms with Gasteiger partial charge in [0.2, 0.25) is 0 Å². The van der Waals surface area contributed by atoms with E-state index in [0.29, 0.717) is 18.1 Å². The maximum absolute atomic E-state index is 12.2. The van der Waals surface area contributed by atoms with E-state index in [4.69, 9.17) is 9.47 Å². The molecule has 3 fully saturated rings. The molecule has 3 aliphatic rings. The molecule has 22 heavy (non-hydrogen) atoms. The highest BCUT2D eigenvalue weighted by Crippen LogP contribution is 2.40. The first-order chi connectivity index (χ1) is 10.4. The van der Waals surface area contributed by atoms with Crippen molar-refractivity contribution in [3.8, 4) is 0 Å². The lowest BCUT2D eigenvalue weighted by Crippen LogP contribution is -2.45. The zero-order chi connectivity index (χ0) is 15.7. The van der Waals surface area contributed by atoms with Crippen molar-refractivity contribution in [2.75, 3.05) is 32.8 Å². The molecule has 2 saturated heterocycles. The molecule has 3 atom stereocenters. The number of hydrogen-bond acceptors (Lipinski definition) is 4. The van der Waals surface area contributed by atoms with Crippen molar-refractivity contribution in [2.45, 2.75) is 64.2 Å². The monoisotopic (exact) mass is 310 g/mol. The first-order valence-electron chi connectivity index (χ1n) is 8.76. The van der Waals surface area contributed by atoms with Crippen molar-refractivity contribution >= 4 is 6.09 Å². The number of hydrogen-bond donors (Lipinski definition) is 0. The molecule has 126 valence electrons. The van der Waals surface area contributed by atoms with E-state index < -0.39 is 5.60 Å². The first-order valence-corrected chi connectivity index (χ1v) is 8.76. The van der Waals surface area contributed by atoms with E-state index in [2.05, 4.69) is 4.90 Å². The Morgan fingerprint density at radius 2 is 1.91 bits per heavy atom. The Hall–Kier alpha value is -0.810. The van der Waals surface area contributed by atoms with E-state index in [1.807, 2.05) is 25.7 Å². The molecule has 0 spiro atoms. The largest absolute Gasteiger partial charge is 0.444 e. The number of ether oxygens (including phenoxy) is 2. The molecule has 0 aromatic heterocycles. The second kappa shape index (κ2) is 6.36. The molecule has 0 N–H and O–H groups in total. The van der Waals surface area contributed by atoms with Crippen molar-refractivity contribution in [1.29, 1.82) is 0 Å². The second-order valence-corrected chi connectivity index (χ2v) is 7.98. The van der Waals surface area contributed by atoms with Crippen LogP contribution >= 0.6 is 0 Å². The third kappa shape index (κ3) is 3.74. The summed E-state index contributed by atoms with van der Waals surface area (Å²) in [5.74, 6) is 0.496. The molecule has 2 bridgehead atoms. The fraction of sp³-hybridized carbons (Fsp3) is 0.941. The summed E-state index contributed by atoms with van der Waals surface area (Å²) in [6.07, 6.45) is 4.90. The fourth-order valence-electron chi connectivity index (χ4n) is 3.99. The molecular formula is C17H30N2O3. The highest BCUT2D eigenvalue weighted by atomic mass is 16.6. The molecule has 0 aromatic rings. The van der Waals surface area contributed by atoms with Crippen LogP contribution in [0.4, 0.5) is 4.79 Å². The summed E-state index contributed by atoms with van der Waals surface area (Å²) in [6.45, 7) is 10.9. The zero-order valence-corrected chi connectivity index (χ0v) is 14.2. The number of piperidine rings is 1. The van der Waals surface area contributed by atoms with Crippen molar-refractivity contribution in [1.82, 2.24) is 9.80 Å². The van der Waals surface area contributed by atoms with Crippen molar-refractivity contribution in [2.24, 2.45) is 5.92 Å². The van der Waals surface area contributed by atoms with Gasteiger partial charge in [-0.1, -0.05) is 0 Å². The van der Waals surface area contributed by atoms with Gasteiger partial charge < -0.3 is 19.3 Å². The average Bonchev–Trinajstić information content (AvgIpc) is 3.12. The highest BCUT2D eigenvalue weighted by molar-refractivity contribution is 5.69. The van der Waals surface area contributed by atoms with Gasteiger partial charge in [0.25, 0.3) is 0 Å². The van der Waals surface area contributed by atoms with Crippen LogP contribution in [0.25, 0.3) is 0 Å². The third-order valence-corrected chi connectivity index (χ3v) is 5.04. The molecular weight excluding hydrogens is 280 g/mol. The Morgan fingerprint density at radius 1 is 1.18 bits per heavy atom. The number of fused-ring (bicyclic) bond motifs is 2. The molecule has 1 amide bonds. The Balaban J connectivity index is 1.40. The summed E-state index contributed by atoms with van der Waals surface area (Å²) in [4.78, 5) is 16.6. The zero-order valence-electron chi connectivity index (χ0n) is 14.2. The van der Waals surface area contributed by atoms with Crippen molar-refractivity contribution in [3.05, 3.63) is 0 Å². The lowest BCUT2D eigenvalue weighted by molar-refractivity contribution is -0.0192. The summed E-state index contributed by atoms with van der Waals surface area (Å²) < 4.78 is 11.6. The summed E-state index contributed by atoms with van der Waals surface area (Å²) in [7, 11) is 0. The minimum atomic E-state index is -0.412. The van der Waals surface area contributed by atoms with Gasteiger partial charge in [-0.05, 0) is 59.5 Å². The van der Waals surface area contributed by atoms with Gasteiger partial charge in [0.05, 0.1) is 12.7 Å². The van der Waals surface area contributed by atoms with Crippen LogP contribution in [0.5, 0.6) is 0 Å². The smallest absolute Gasteiger partial charge is 0.410 e. The standard InChI is InChI=1S/C17H30N2O3/c1-17(2,3)22-16(20)19-12-13-10-14(19)11-15(13)21-9-8-18-6-4-5-7-18/h13-15H,4-12H2,1-3H3. The van der Waals surface area contributed by atoms with Gasteiger partial charge in [0.15, 0.2) is 0 Å². The summed E-state index contributed by atoms with van der Waals surface area (Å²) in [5.41, 5.74) is -0.412. The van der Waals surface area contributed by atoms with Crippen LogP contribution in [-0.4, -0.2) is 66.4 Å². The maximum Gasteiger partial charge on any atom is 0.410 e. The van der Waals surface area contributed by atoms with Crippen molar-refractivity contribution < 1.29 is 14.3 Å².